The van der Waals surface area contributed by atoms with Crippen LogP contribution in [0, 0.1) is 20.2 Å². The van der Waals surface area contributed by atoms with Crippen LogP contribution >= 0.6 is 11.8 Å². The minimum atomic E-state index is -0.766. The minimum absolute atomic E-state index is 0.109. The van der Waals surface area contributed by atoms with E-state index in [4.69, 9.17) is 9.47 Å². The Bertz CT molecular complexity index is 1360. The predicted molar refractivity (Wildman–Crippen MR) is 131 cm³/mol. The Morgan fingerprint density at radius 2 is 1.61 bits per heavy atom. The number of hydrogen-bond donors (Lipinski definition) is 0. The molecule has 11 nitrogen and oxygen atoms in total. The summed E-state index contributed by atoms with van der Waals surface area (Å²) in [6.45, 7) is 0.272. The number of non-ortho nitro benzene ring substituents is 1. The Morgan fingerprint density at radius 1 is 0.889 bits per heavy atom. The molecule has 0 radical (unpaired) electrons. The van der Waals surface area contributed by atoms with Gasteiger partial charge in [-0.15, -0.1) is 0 Å². The van der Waals surface area contributed by atoms with Crippen molar-refractivity contribution in [2.24, 2.45) is 0 Å². The number of hydrogen-bond acceptors (Lipinski definition) is 9. The highest BCUT2D eigenvalue weighted by molar-refractivity contribution is 8.18. The second-order valence-corrected chi connectivity index (χ2v) is 8.33. The topological polar surface area (TPSA) is 142 Å². The molecule has 0 atom stereocenters. The third-order valence-corrected chi connectivity index (χ3v) is 5.86. The first-order valence-corrected chi connectivity index (χ1v) is 11.3. The van der Waals surface area contributed by atoms with E-state index < -0.39 is 32.4 Å². The van der Waals surface area contributed by atoms with E-state index in [1.807, 2.05) is 18.2 Å². The average molecular weight is 507 g/mol. The molecular formula is C24H17N3O8S. The van der Waals surface area contributed by atoms with E-state index in [0.717, 1.165) is 34.9 Å². The zero-order chi connectivity index (χ0) is 25.7. The lowest BCUT2D eigenvalue weighted by molar-refractivity contribution is -0.394. The normalized spacial score (nSPS) is 14.2. The second-order valence-electron chi connectivity index (χ2n) is 7.33. The largest absolute Gasteiger partial charge is 0.492 e. The van der Waals surface area contributed by atoms with E-state index in [1.54, 1.807) is 30.3 Å². The number of imide groups is 1. The highest BCUT2D eigenvalue weighted by Crippen LogP contribution is 2.35. The summed E-state index contributed by atoms with van der Waals surface area (Å²) in [5.74, 6) is 0.303. The first-order chi connectivity index (χ1) is 17.3. The molecule has 182 valence electrons. The molecule has 0 saturated carbocycles. The summed E-state index contributed by atoms with van der Waals surface area (Å²) in [5, 5.41) is 21.8. The molecule has 0 aliphatic carbocycles. The zero-order valence-corrected chi connectivity index (χ0v) is 19.3. The summed E-state index contributed by atoms with van der Waals surface area (Å²) in [4.78, 5) is 47.0. The number of carbonyl (C=O) groups excluding carboxylic acids is 2. The molecule has 0 spiro atoms. The molecule has 1 saturated heterocycles. The van der Waals surface area contributed by atoms with Crippen molar-refractivity contribution in [2.45, 2.75) is 0 Å². The summed E-state index contributed by atoms with van der Waals surface area (Å²) >= 11 is 0.820. The van der Waals surface area contributed by atoms with Gasteiger partial charge in [0.15, 0.2) is 0 Å². The first-order valence-electron chi connectivity index (χ1n) is 10.5. The highest BCUT2D eigenvalue weighted by atomic mass is 32.2. The van der Waals surface area contributed by atoms with E-state index in [2.05, 4.69) is 0 Å². The van der Waals surface area contributed by atoms with Gasteiger partial charge in [-0.3, -0.25) is 34.7 Å². The Hall–Kier alpha value is -4.71. The van der Waals surface area contributed by atoms with Crippen LogP contribution in [0.2, 0.25) is 0 Å². The number of benzene rings is 3. The van der Waals surface area contributed by atoms with Gasteiger partial charge in [-0.2, -0.15) is 0 Å². The van der Waals surface area contributed by atoms with Gasteiger partial charge < -0.3 is 9.47 Å². The number of nitrogens with zero attached hydrogens (tertiary/aromatic N) is 3. The van der Waals surface area contributed by atoms with Crippen LogP contribution in [0.15, 0.2) is 77.7 Å². The number of carbonyl (C=O) groups is 2. The van der Waals surface area contributed by atoms with E-state index >= 15 is 0 Å². The maximum atomic E-state index is 12.7. The molecule has 36 heavy (non-hydrogen) atoms. The van der Waals surface area contributed by atoms with Crippen LogP contribution in [0.25, 0.3) is 6.08 Å². The molecule has 1 aliphatic heterocycles. The summed E-state index contributed by atoms with van der Waals surface area (Å²) in [5.41, 5.74) is -0.366. The van der Waals surface area contributed by atoms with E-state index in [9.17, 15) is 29.8 Å². The quantitative estimate of drug-likeness (QED) is 0.211. The van der Waals surface area contributed by atoms with Crippen molar-refractivity contribution in [3.05, 3.63) is 103 Å². The molecule has 2 amide bonds. The summed E-state index contributed by atoms with van der Waals surface area (Å²) in [6, 6.07) is 18.4. The first kappa shape index (κ1) is 24.4. The molecule has 1 heterocycles. The van der Waals surface area contributed by atoms with Crippen LogP contribution in [0.1, 0.15) is 5.56 Å². The van der Waals surface area contributed by atoms with Gasteiger partial charge in [0.2, 0.25) is 5.75 Å². The maximum Gasteiger partial charge on any atom is 0.318 e. The second kappa shape index (κ2) is 10.7. The summed E-state index contributed by atoms with van der Waals surface area (Å²) in [7, 11) is 0. The third-order valence-electron chi connectivity index (χ3n) is 4.96. The van der Waals surface area contributed by atoms with Gasteiger partial charge >= 0.3 is 5.69 Å². The van der Waals surface area contributed by atoms with Crippen LogP contribution in [0.5, 0.6) is 17.2 Å². The Labute approximate surface area is 208 Å². The predicted octanol–water partition coefficient (Wildman–Crippen LogP) is 5.41. The van der Waals surface area contributed by atoms with E-state index in [0.29, 0.717) is 11.3 Å². The Kier molecular flexibility index (Phi) is 7.25. The number of nitro groups is 2. The van der Waals surface area contributed by atoms with Crippen molar-refractivity contribution in [3.8, 4) is 17.2 Å². The Morgan fingerprint density at radius 3 is 2.28 bits per heavy atom. The van der Waals surface area contributed by atoms with Crippen molar-refractivity contribution >= 4 is 40.4 Å². The Balaban J connectivity index is 1.41. The molecule has 0 bridgehead atoms. The fraction of sp³-hybridized carbons (Fsp3) is 0.0833. The number of rotatable bonds is 9. The van der Waals surface area contributed by atoms with Crippen molar-refractivity contribution in [3.63, 3.8) is 0 Å². The van der Waals surface area contributed by atoms with Crippen LogP contribution in [-0.4, -0.2) is 39.0 Å². The summed E-state index contributed by atoms with van der Waals surface area (Å²) in [6.07, 6.45) is 1.56. The molecular weight excluding hydrogens is 490 g/mol. The lowest BCUT2D eigenvalue weighted by Gasteiger charge is -2.13. The highest BCUT2D eigenvalue weighted by Gasteiger charge is 2.34. The van der Waals surface area contributed by atoms with Crippen LogP contribution in [0.3, 0.4) is 0 Å². The molecule has 0 unspecified atom stereocenters. The number of nitro benzene ring substituents is 2. The fourth-order valence-corrected chi connectivity index (χ4v) is 4.09. The van der Waals surface area contributed by atoms with Crippen LogP contribution in [0.4, 0.5) is 16.2 Å². The van der Waals surface area contributed by atoms with Gasteiger partial charge in [-0.25, -0.2) is 0 Å². The monoisotopic (exact) mass is 507 g/mol. The number of thioether (sulfide) groups is 1. The number of para-hydroxylation sites is 1. The van der Waals surface area contributed by atoms with Gasteiger partial charge in [-0.05, 0) is 53.7 Å². The molecule has 3 aromatic rings. The molecule has 0 aromatic heterocycles. The van der Waals surface area contributed by atoms with Crippen molar-refractivity contribution in [2.75, 3.05) is 13.2 Å². The molecule has 0 N–H and O–H groups in total. The van der Waals surface area contributed by atoms with E-state index in [1.165, 1.54) is 12.1 Å². The van der Waals surface area contributed by atoms with Gasteiger partial charge in [0.25, 0.3) is 16.8 Å². The SMILES string of the molecule is O=C1S/C(=C\c2ccc(Oc3ccc([N+](=O)[O-])cc3[N+](=O)[O-])cc2)C(=O)N1CCOc1ccccc1. The standard InChI is InChI=1S/C24H17N3O8S/c28-23-22(36-24(29)25(23)12-13-34-18-4-2-1-3-5-18)14-16-6-9-19(10-7-16)35-21-11-8-17(26(30)31)15-20(21)27(32)33/h1-11,14-15H,12-13H2/b22-14-. The molecule has 12 heteroatoms. The van der Waals surface area contributed by atoms with E-state index in [-0.39, 0.29) is 29.6 Å². The van der Waals surface area contributed by atoms with Gasteiger partial charge in [-0.1, -0.05) is 30.3 Å². The van der Waals surface area contributed by atoms with Gasteiger partial charge in [0.05, 0.1) is 27.4 Å². The lowest BCUT2D eigenvalue weighted by Crippen LogP contribution is -2.32. The molecule has 4 rings (SSSR count). The van der Waals surface area contributed by atoms with Crippen LogP contribution in [-0.2, 0) is 4.79 Å². The van der Waals surface area contributed by atoms with Gasteiger partial charge in [0.1, 0.15) is 18.1 Å². The summed E-state index contributed by atoms with van der Waals surface area (Å²) < 4.78 is 11.1. The third kappa shape index (κ3) is 5.67. The smallest absolute Gasteiger partial charge is 0.318 e. The van der Waals surface area contributed by atoms with Crippen molar-refractivity contribution in [1.82, 2.24) is 4.90 Å². The lowest BCUT2D eigenvalue weighted by atomic mass is 10.2. The molecule has 3 aromatic carbocycles. The average Bonchev–Trinajstić information content (AvgIpc) is 3.13. The minimum Gasteiger partial charge on any atom is -0.492 e. The maximum absolute atomic E-state index is 12.7. The van der Waals surface area contributed by atoms with Crippen molar-refractivity contribution < 1.29 is 28.9 Å². The van der Waals surface area contributed by atoms with Crippen molar-refractivity contribution in [1.29, 1.82) is 0 Å². The fourth-order valence-electron chi connectivity index (χ4n) is 3.22. The number of amides is 2. The molecule has 1 aliphatic rings. The van der Waals surface area contributed by atoms with Gasteiger partial charge in [0, 0.05) is 6.07 Å². The number of ether oxygens (including phenoxy) is 2. The zero-order valence-electron chi connectivity index (χ0n) is 18.4. The van der Waals surface area contributed by atoms with Crippen LogP contribution < -0.4 is 9.47 Å². The molecule has 1 fully saturated rings.